The van der Waals surface area contributed by atoms with E-state index in [1.807, 2.05) is 0 Å². The van der Waals surface area contributed by atoms with Crippen molar-refractivity contribution in [3.8, 4) is 0 Å². The van der Waals surface area contributed by atoms with Gasteiger partial charge in [0.25, 0.3) is 0 Å². The largest absolute Gasteiger partial charge is 0.426 e. The van der Waals surface area contributed by atoms with Crippen LogP contribution in [0.3, 0.4) is 0 Å². The van der Waals surface area contributed by atoms with E-state index in [1.165, 1.54) is 0 Å². The van der Waals surface area contributed by atoms with Crippen LogP contribution in [0.5, 0.6) is 0 Å². The van der Waals surface area contributed by atoms with Crippen LogP contribution in [0, 0.1) is 0 Å². The third kappa shape index (κ3) is 2.40. The van der Waals surface area contributed by atoms with Crippen molar-refractivity contribution >= 4 is 0 Å². The van der Waals surface area contributed by atoms with Crippen LogP contribution in [0.4, 0.5) is 57.3 Å². The summed E-state index contributed by atoms with van der Waals surface area (Å²) >= 11 is 0. The van der Waals surface area contributed by atoms with Gasteiger partial charge in [0.1, 0.15) is 0 Å². The summed E-state index contributed by atoms with van der Waals surface area (Å²) in [4.78, 5) is 0. The second-order valence-corrected chi connectivity index (χ2v) is 3.07. The molecule has 0 heterocycles. The highest BCUT2D eigenvalue weighted by Crippen LogP contribution is 2.56. The van der Waals surface area contributed by atoms with E-state index in [9.17, 15) is 57.3 Å². The number of hydrogen-bond donors (Lipinski definition) is 0. The molecule has 0 fully saturated rings. The molecule has 120 valence electrons. The Hall–Kier alpha value is -1.21. The maximum absolute atomic E-state index is 12.5. The van der Waals surface area contributed by atoms with Gasteiger partial charge in [-0.05, 0) is 0 Å². The lowest BCUT2D eigenvalue weighted by atomic mass is 10.0. The van der Waals surface area contributed by atoms with Crippen LogP contribution in [-0.4, -0.2) is 29.2 Å². The molecule has 0 rings (SSSR count). The minimum Gasteiger partial charge on any atom is -0.199 e. The van der Waals surface area contributed by atoms with Gasteiger partial charge in [-0.3, -0.25) is 0 Å². The Labute approximate surface area is 99.7 Å². The van der Waals surface area contributed by atoms with Crippen molar-refractivity contribution in [2.45, 2.75) is 23.8 Å². The molecule has 0 bridgehead atoms. The van der Waals surface area contributed by atoms with Crippen LogP contribution in [-0.2, 0) is 0 Å². The molecule has 0 amide bonds. The first-order valence-corrected chi connectivity index (χ1v) is 3.89. The molecule has 0 saturated carbocycles. The predicted octanol–water partition coefficient (Wildman–Crippen LogP) is 4.63. The van der Waals surface area contributed by atoms with E-state index in [2.05, 4.69) is 0 Å². The quantitative estimate of drug-likeness (QED) is 0.403. The maximum Gasteiger partial charge on any atom is 0.426 e. The summed E-state index contributed by atoms with van der Waals surface area (Å²) in [5, 5.41) is -3.84. The number of rotatable bonds is 5. The van der Waals surface area contributed by atoms with Crippen molar-refractivity contribution in [3.63, 3.8) is 0 Å². The van der Waals surface area contributed by atoms with Crippen molar-refractivity contribution in [3.05, 3.63) is 11.9 Å². The van der Waals surface area contributed by atoms with E-state index in [4.69, 9.17) is 0 Å². The van der Waals surface area contributed by atoms with Gasteiger partial charge in [0.15, 0.2) is 0 Å². The molecule has 0 aromatic heterocycles. The predicted molar refractivity (Wildman–Crippen MR) is 34.2 cm³/mol. The van der Waals surface area contributed by atoms with Gasteiger partial charge < -0.3 is 0 Å². The van der Waals surface area contributed by atoms with E-state index >= 15 is 0 Å². The molecule has 0 saturated heterocycles. The second kappa shape index (κ2) is 4.96. The van der Waals surface area contributed by atoms with Crippen LogP contribution in [0.1, 0.15) is 0 Å². The highest BCUT2D eigenvalue weighted by Gasteiger charge is 2.84. The van der Waals surface area contributed by atoms with Gasteiger partial charge in [0, 0.05) is 0 Å². The summed E-state index contributed by atoms with van der Waals surface area (Å²) in [6, 6.07) is -7.19. The first-order chi connectivity index (χ1) is 8.55. The summed E-state index contributed by atoms with van der Waals surface area (Å²) in [5.41, 5.74) is 0. The Morgan fingerprint density at radius 3 is 1.25 bits per heavy atom. The average molecular weight is 333 g/mol. The van der Waals surface area contributed by atoms with Crippen LogP contribution in [0.2, 0.25) is 0 Å². The fourth-order valence-electron chi connectivity index (χ4n) is 0.749. The SMILES string of the molecule is FC(F)=C(F)C(F)(F)C(F)(F)C(F)(F)C(F)(F)N(F)F. The average Bonchev–Trinajstić information content (AvgIpc) is 2.26. The highest BCUT2D eigenvalue weighted by atomic mass is 19.4. The van der Waals surface area contributed by atoms with Gasteiger partial charge in [0.05, 0.1) is 5.34 Å². The molecular weight excluding hydrogens is 333 g/mol. The molecule has 0 atom stereocenters. The molecule has 0 aromatic rings. The monoisotopic (exact) mass is 333 g/mol. The third-order valence-electron chi connectivity index (χ3n) is 1.82. The normalized spacial score (nSPS) is 14.7. The molecule has 0 N–H and O–H groups in total. The molecular formula is C6F13N. The van der Waals surface area contributed by atoms with Crippen molar-refractivity contribution < 1.29 is 57.3 Å². The smallest absolute Gasteiger partial charge is 0.199 e. The van der Waals surface area contributed by atoms with Gasteiger partial charge in [-0.2, -0.15) is 48.3 Å². The first-order valence-electron chi connectivity index (χ1n) is 3.89. The van der Waals surface area contributed by atoms with Gasteiger partial charge in [-0.25, -0.2) is 0 Å². The van der Waals surface area contributed by atoms with Crippen molar-refractivity contribution in [2.24, 2.45) is 0 Å². The molecule has 0 aromatic carbocycles. The lowest BCUT2D eigenvalue weighted by Crippen LogP contribution is -2.65. The van der Waals surface area contributed by atoms with Gasteiger partial charge >= 0.3 is 29.9 Å². The Bertz CT molecular complexity index is 392. The van der Waals surface area contributed by atoms with Crippen LogP contribution < -0.4 is 0 Å². The summed E-state index contributed by atoms with van der Waals surface area (Å²) < 4.78 is 156. The topological polar surface area (TPSA) is 3.24 Å². The number of allylic oxidation sites excluding steroid dienone is 1. The summed E-state index contributed by atoms with van der Waals surface area (Å²) in [6.07, 6.45) is -4.22. The summed E-state index contributed by atoms with van der Waals surface area (Å²) in [6.45, 7) is 0. The van der Waals surface area contributed by atoms with Gasteiger partial charge in [-0.15, -0.1) is 0 Å². The molecule has 0 aliphatic rings. The van der Waals surface area contributed by atoms with E-state index in [1.54, 1.807) is 0 Å². The van der Waals surface area contributed by atoms with E-state index in [0.717, 1.165) is 0 Å². The minimum atomic E-state index is -7.59. The number of hydrogen-bond acceptors (Lipinski definition) is 1. The van der Waals surface area contributed by atoms with Crippen LogP contribution in [0.15, 0.2) is 11.9 Å². The molecule has 0 radical (unpaired) electrons. The van der Waals surface area contributed by atoms with Gasteiger partial charge in [-0.1, -0.05) is 8.96 Å². The lowest BCUT2D eigenvalue weighted by molar-refractivity contribution is -0.449. The van der Waals surface area contributed by atoms with Crippen LogP contribution >= 0.6 is 0 Å². The summed E-state index contributed by atoms with van der Waals surface area (Å²) in [7, 11) is 0. The zero-order valence-corrected chi connectivity index (χ0v) is 8.36. The second-order valence-electron chi connectivity index (χ2n) is 3.07. The fraction of sp³-hybridized carbons (Fsp3) is 0.667. The lowest BCUT2D eigenvalue weighted by Gasteiger charge is -2.35. The Balaban J connectivity index is 6.05. The summed E-state index contributed by atoms with van der Waals surface area (Å²) in [5.74, 6) is -26.8. The number of alkyl halides is 8. The molecule has 20 heavy (non-hydrogen) atoms. The van der Waals surface area contributed by atoms with Crippen molar-refractivity contribution in [1.29, 1.82) is 0 Å². The third-order valence-corrected chi connectivity index (χ3v) is 1.82. The first kappa shape index (κ1) is 18.8. The maximum atomic E-state index is 12.5. The molecule has 0 spiro atoms. The highest BCUT2D eigenvalue weighted by molar-refractivity contribution is 5.16. The minimum absolute atomic E-state index is 3.84. The van der Waals surface area contributed by atoms with Crippen molar-refractivity contribution in [1.82, 2.24) is 5.34 Å². The fourth-order valence-corrected chi connectivity index (χ4v) is 0.749. The molecule has 0 aliphatic carbocycles. The molecule has 0 aliphatic heterocycles. The van der Waals surface area contributed by atoms with Crippen LogP contribution in [0.25, 0.3) is 0 Å². The molecule has 0 unspecified atom stereocenters. The zero-order valence-electron chi connectivity index (χ0n) is 8.36. The van der Waals surface area contributed by atoms with E-state index < -0.39 is 41.1 Å². The Kier molecular flexibility index (Phi) is 4.66. The van der Waals surface area contributed by atoms with Crippen molar-refractivity contribution in [2.75, 3.05) is 0 Å². The zero-order chi connectivity index (χ0) is 16.7. The number of nitrogens with zero attached hydrogens (tertiary/aromatic N) is 1. The number of halogens is 13. The van der Waals surface area contributed by atoms with E-state index in [0.29, 0.717) is 0 Å². The molecule has 14 heteroatoms. The standard InChI is InChI=1S/C6F13N/c7-1(2(8)9)3(10,11)4(12,13)5(14,15)6(16,17)20(18)19. The van der Waals surface area contributed by atoms with E-state index in [-0.39, 0.29) is 0 Å². The Morgan fingerprint density at radius 2 is 1.00 bits per heavy atom. The van der Waals surface area contributed by atoms with Gasteiger partial charge in [0.2, 0.25) is 5.83 Å². The molecule has 1 nitrogen and oxygen atoms in total. The Morgan fingerprint density at radius 1 is 0.650 bits per heavy atom.